The van der Waals surface area contributed by atoms with Gasteiger partial charge in [0.2, 0.25) is 11.6 Å². The van der Waals surface area contributed by atoms with E-state index in [0.29, 0.717) is 5.56 Å². The molecule has 0 saturated carbocycles. The van der Waals surface area contributed by atoms with Gasteiger partial charge >= 0.3 is 0 Å². The molecular weight excluding hydrogens is 1290 g/mol. The van der Waals surface area contributed by atoms with Crippen LogP contribution in [-0.2, 0) is 21.7 Å². The average molecular weight is 1370 g/mol. The maximum atomic E-state index is 13.4. The Labute approximate surface area is 618 Å². The van der Waals surface area contributed by atoms with E-state index in [9.17, 15) is 5.26 Å². The first-order chi connectivity index (χ1) is 51.0. The molecule has 106 heavy (non-hydrogen) atoms. The predicted octanol–water partition coefficient (Wildman–Crippen LogP) is 25.2. The summed E-state index contributed by atoms with van der Waals surface area (Å²) >= 11 is 0. The molecule has 13 aromatic carbocycles. The molecule has 514 valence electrons. The van der Waals surface area contributed by atoms with Gasteiger partial charge in [-0.25, -0.2) is 9.97 Å². The SMILES string of the molecule is CC(C)(C)c1ccc2c(c1)-c1cc(C(C)(C)C)ccc1C2c1c(-c2ccc3c(c2)n2c4cc(-c5ccccc5)ccc4nc2n3-c2ccccc2)cc(-c2ccc3c(c2)n2c4cc(-c5ccccc5)ccc4nc2n3-c2ccccc2)c(-n2c3ccc(C(C)(C)C)cc3c3cc(C(C)(C)C)ccc32)c1C#N. The predicted molar refractivity (Wildman–Crippen MR) is 441 cm³/mol. The number of hydrogen-bond acceptors (Lipinski definition) is 3. The van der Waals surface area contributed by atoms with E-state index in [-0.39, 0.29) is 27.6 Å². The highest BCUT2D eigenvalue weighted by atomic mass is 15.2. The zero-order valence-corrected chi connectivity index (χ0v) is 62.1. The fourth-order valence-corrected chi connectivity index (χ4v) is 17.0. The number of imidazole rings is 4. The van der Waals surface area contributed by atoms with E-state index in [2.05, 4.69) is 385 Å². The maximum absolute atomic E-state index is 13.4. The van der Waals surface area contributed by atoms with Gasteiger partial charge in [-0.1, -0.05) is 253 Å². The molecule has 5 heterocycles. The Bertz CT molecular complexity index is 6580. The van der Waals surface area contributed by atoms with Gasteiger partial charge in [-0.2, -0.15) is 5.26 Å². The van der Waals surface area contributed by atoms with E-state index in [1.54, 1.807) is 0 Å². The average Bonchev–Trinajstić information content (AvgIpc) is 1.53. The summed E-state index contributed by atoms with van der Waals surface area (Å²) in [5.41, 5.74) is 31.8. The van der Waals surface area contributed by atoms with Gasteiger partial charge in [-0.15, -0.1) is 0 Å². The molecule has 0 radical (unpaired) electrons. The Morgan fingerprint density at radius 1 is 0.302 bits per heavy atom. The van der Waals surface area contributed by atoms with Gasteiger partial charge in [-0.05, 0) is 214 Å². The van der Waals surface area contributed by atoms with Crippen LogP contribution in [0.5, 0.6) is 0 Å². The first-order valence-corrected chi connectivity index (χ1v) is 37.2. The highest BCUT2D eigenvalue weighted by Crippen LogP contribution is 2.56. The molecule has 0 bridgehead atoms. The third-order valence-electron chi connectivity index (χ3n) is 22.7. The van der Waals surface area contributed by atoms with Gasteiger partial charge in [0.15, 0.2) is 0 Å². The zero-order chi connectivity index (χ0) is 72.6. The molecule has 0 aliphatic heterocycles. The number of fused-ring (bicyclic) bond motifs is 16. The van der Waals surface area contributed by atoms with E-state index in [1.165, 1.54) is 44.5 Å². The molecule has 5 aromatic heterocycles. The summed E-state index contributed by atoms with van der Waals surface area (Å²) in [6.45, 7) is 27.7. The minimum atomic E-state index is -0.385. The van der Waals surface area contributed by atoms with Crippen LogP contribution in [0.2, 0.25) is 0 Å². The van der Waals surface area contributed by atoms with Crippen molar-refractivity contribution in [2.45, 2.75) is 111 Å². The molecule has 0 unspecified atom stereocenters. The Morgan fingerprint density at radius 2 is 0.670 bits per heavy atom. The van der Waals surface area contributed by atoms with Gasteiger partial charge in [0.05, 0.1) is 66.4 Å². The Hall–Kier alpha value is -12.3. The second-order valence-electron chi connectivity index (χ2n) is 33.4. The second-order valence-corrected chi connectivity index (χ2v) is 33.4. The number of benzene rings is 13. The van der Waals surface area contributed by atoms with E-state index in [0.717, 1.165) is 145 Å². The Morgan fingerprint density at radius 3 is 1.08 bits per heavy atom. The number of hydrogen-bond donors (Lipinski definition) is 0. The van der Waals surface area contributed by atoms with Crippen molar-refractivity contribution in [3.8, 4) is 78.8 Å². The largest absolute Gasteiger partial charge is 0.307 e. The molecule has 0 spiro atoms. The van der Waals surface area contributed by atoms with E-state index in [4.69, 9.17) is 9.97 Å². The van der Waals surface area contributed by atoms with Crippen LogP contribution in [0.3, 0.4) is 0 Å². The minimum Gasteiger partial charge on any atom is -0.307 e. The molecule has 18 aromatic rings. The molecule has 8 nitrogen and oxygen atoms in total. The highest BCUT2D eigenvalue weighted by Gasteiger charge is 2.39. The number of para-hydroxylation sites is 2. The van der Waals surface area contributed by atoms with Crippen molar-refractivity contribution >= 4 is 77.5 Å². The second kappa shape index (κ2) is 23.3. The fourth-order valence-electron chi connectivity index (χ4n) is 17.0. The summed E-state index contributed by atoms with van der Waals surface area (Å²) in [6.07, 6.45) is 0. The van der Waals surface area contributed by atoms with E-state index in [1.807, 2.05) is 0 Å². The molecular formula is C98H82N8. The number of aromatic nitrogens is 7. The van der Waals surface area contributed by atoms with Gasteiger partial charge < -0.3 is 4.57 Å². The van der Waals surface area contributed by atoms with Gasteiger partial charge in [0.1, 0.15) is 6.07 Å². The van der Waals surface area contributed by atoms with Crippen molar-refractivity contribution < 1.29 is 0 Å². The lowest BCUT2D eigenvalue weighted by molar-refractivity contribution is 0.589. The summed E-state index contributed by atoms with van der Waals surface area (Å²) in [5.74, 6) is 1.24. The summed E-state index contributed by atoms with van der Waals surface area (Å²) in [4.78, 5) is 11.1. The molecule has 0 fully saturated rings. The summed E-state index contributed by atoms with van der Waals surface area (Å²) in [5, 5.41) is 15.6. The van der Waals surface area contributed by atoms with Crippen LogP contribution in [0.15, 0.2) is 273 Å². The zero-order valence-electron chi connectivity index (χ0n) is 62.1. The summed E-state index contributed by atoms with van der Waals surface area (Å²) in [7, 11) is 0. The molecule has 0 saturated heterocycles. The first-order valence-electron chi connectivity index (χ1n) is 37.2. The van der Waals surface area contributed by atoms with Crippen LogP contribution < -0.4 is 0 Å². The lowest BCUT2D eigenvalue weighted by atomic mass is 9.78. The summed E-state index contributed by atoms with van der Waals surface area (Å²) < 4.78 is 11.8. The molecule has 19 rings (SSSR count). The molecule has 1 aliphatic rings. The molecule has 0 amide bonds. The third kappa shape index (κ3) is 10.1. The minimum absolute atomic E-state index is 0.138. The van der Waals surface area contributed by atoms with Crippen LogP contribution in [0, 0.1) is 11.3 Å². The summed E-state index contributed by atoms with van der Waals surface area (Å²) in [6, 6.07) is 104. The van der Waals surface area contributed by atoms with Crippen LogP contribution in [-0.4, -0.2) is 32.5 Å². The number of rotatable bonds is 8. The molecule has 1 aliphatic carbocycles. The number of nitriles is 1. The van der Waals surface area contributed by atoms with Crippen molar-refractivity contribution in [2.24, 2.45) is 0 Å². The molecule has 8 heteroatoms. The molecule has 0 atom stereocenters. The van der Waals surface area contributed by atoms with Crippen LogP contribution in [0.25, 0.3) is 150 Å². The van der Waals surface area contributed by atoms with Gasteiger partial charge in [0.25, 0.3) is 0 Å². The molecule has 0 N–H and O–H groups in total. The number of nitrogens with zero attached hydrogens (tertiary/aromatic N) is 8. The highest BCUT2D eigenvalue weighted by molar-refractivity contribution is 6.12. The Kier molecular flexibility index (Phi) is 14.2. The quantitative estimate of drug-likeness (QED) is 0.152. The first kappa shape index (κ1) is 64.5. The van der Waals surface area contributed by atoms with Crippen LogP contribution in [0.1, 0.15) is 134 Å². The van der Waals surface area contributed by atoms with Crippen LogP contribution in [0.4, 0.5) is 0 Å². The Balaban J connectivity index is 0.997. The van der Waals surface area contributed by atoms with Gasteiger partial charge in [0, 0.05) is 33.6 Å². The standard InChI is InChI=1S/C98H82N8/c1-95(2,3)65-37-41-71-75(53-65)76-54-66(96(4,5)6)38-42-72(76)90(71)91-73(63-35-45-84-88(51-63)105-86-49-61(59-25-17-13-18-26-59)33-43-80(86)100-93(105)102(84)69-29-21-15-22-30-69)57-74(92(79(91)58-99)104-82-47-39-67(97(7,8)9)55-77(82)78-56-68(98(10,11)12)40-48-83(78)104)64-36-46-85-89(52-64)106-87-50-62(60-27-19-14-20-28-60)34-44-81(87)101-94(106)103(85)70-31-23-16-24-32-70/h13-57,90H,1-12H3. The monoisotopic (exact) mass is 1370 g/mol. The van der Waals surface area contributed by atoms with Crippen molar-refractivity contribution in [1.82, 2.24) is 32.5 Å². The smallest absolute Gasteiger partial charge is 0.220 e. The fraction of sp³-hybridized carbons (Fsp3) is 0.173. The topological polar surface area (TPSA) is 73.2 Å². The van der Waals surface area contributed by atoms with E-state index >= 15 is 0 Å². The van der Waals surface area contributed by atoms with Gasteiger partial charge in [-0.3, -0.25) is 17.9 Å². The van der Waals surface area contributed by atoms with Crippen LogP contribution >= 0.6 is 0 Å². The maximum Gasteiger partial charge on any atom is 0.220 e. The normalized spacial score (nSPS) is 13.0. The lowest BCUT2D eigenvalue weighted by Crippen LogP contribution is -2.13. The lowest BCUT2D eigenvalue weighted by Gasteiger charge is -2.27. The van der Waals surface area contributed by atoms with Crippen molar-refractivity contribution in [1.29, 1.82) is 5.26 Å². The van der Waals surface area contributed by atoms with E-state index < -0.39 is 0 Å². The third-order valence-corrected chi connectivity index (χ3v) is 22.7. The van der Waals surface area contributed by atoms with Crippen molar-refractivity contribution in [2.75, 3.05) is 0 Å². The van der Waals surface area contributed by atoms with Crippen molar-refractivity contribution in [3.05, 3.63) is 317 Å². The van der Waals surface area contributed by atoms with Crippen molar-refractivity contribution in [3.63, 3.8) is 0 Å².